The standard InChI is InChI=1S/C28H34N6O4/c1-6-19-8-7-9-21(12-19)30-24(35)16-33-28(38)34-23-13-20(25(36)29-14-17(2)3)10-11-22(23)26(37)32(15-18(4)5)27(34)31-33/h7-13,17-18H,6,14-16H2,1-5H3,(H,29,36)(H,30,35). The van der Waals surface area contributed by atoms with Crippen molar-refractivity contribution in [3.05, 3.63) is 74.4 Å². The number of fused-ring (bicyclic) bond motifs is 3. The molecule has 0 radical (unpaired) electrons. The summed E-state index contributed by atoms with van der Waals surface area (Å²) in [6.45, 7) is 10.4. The van der Waals surface area contributed by atoms with Gasteiger partial charge in [-0.25, -0.2) is 13.9 Å². The normalized spacial score (nSPS) is 11.6. The molecule has 2 aromatic carbocycles. The minimum Gasteiger partial charge on any atom is -0.352 e. The molecule has 0 aliphatic heterocycles. The van der Waals surface area contributed by atoms with E-state index in [1.165, 1.54) is 15.0 Å². The third kappa shape index (κ3) is 5.53. The zero-order chi connectivity index (χ0) is 27.6. The Morgan fingerprint density at radius 2 is 1.76 bits per heavy atom. The van der Waals surface area contributed by atoms with Gasteiger partial charge in [0.2, 0.25) is 11.7 Å². The number of anilines is 1. The van der Waals surface area contributed by atoms with Gasteiger partial charge in [-0.3, -0.25) is 19.0 Å². The highest BCUT2D eigenvalue weighted by Crippen LogP contribution is 2.16. The fraction of sp³-hybridized carbons (Fsp3) is 0.393. The van der Waals surface area contributed by atoms with E-state index >= 15 is 0 Å². The molecule has 200 valence electrons. The van der Waals surface area contributed by atoms with Gasteiger partial charge in [0, 0.05) is 24.3 Å². The van der Waals surface area contributed by atoms with Gasteiger partial charge in [-0.2, -0.15) is 0 Å². The number of rotatable bonds is 9. The van der Waals surface area contributed by atoms with Crippen molar-refractivity contribution in [1.82, 2.24) is 24.1 Å². The quantitative estimate of drug-likeness (QED) is 0.353. The van der Waals surface area contributed by atoms with Crippen LogP contribution in [0.5, 0.6) is 0 Å². The van der Waals surface area contributed by atoms with Crippen molar-refractivity contribution in [2.75, 3.05) is 11.9 Å². The highest BCUT2D eigenvalue weighted by Gasteiger charge is 2.20. The van der Waals surface area contributed by atoms with Crippen LogP contribution in [0.3, 0.4) is 0 Å². The molecule has 38 heavy (non-hydrogen) atoms. The second kappa shape index (κ2) is 11.0. The van der Waals surface area contributed by atoms with Crippen LogP contribution in [0.15, 0.2) is 52.1 Å². The van der Waals surface area contributed by atoms with Crippen molar-refractivity contribution in [2.24, 2.45) is 11.8 Å². The lowest BCUT2D eigenvalue weighted by atomic mass is 10.1. The maximum atomic E-state index is 13.5. The summed E-state index contributed by atoms with van der Waals surface area (Å²) in [6.07, 6.45) is 0.827. The van der Waals surface area contributed by atoms with Gasteiger partial charge in [-0.1, -0.05) is 46.8 Å². The molecule has 4 rings (SSSR count). The second-order valence-electron chi connectivity index (χ2n) is 10.3. The fourth-order valence-electron chi connectivity index (χ4n) is 4.29. The monoisotopic (exact) mass is 518 g/mol. The van der Waals surface area contributed by atoms with Gasteiger partial charge in [0.1, 0.15) is 6.54 Å². The molecule has 10 heteroatoms. The number of aromatic nitrogens is 4. The molecule has 2 N–H and O–H groups in total. The van der Waals surface area contributed by atoms with Crippen LogP contribution >= 0.6 is 0 Å². The molecule has 4 aromatic rings. The van der Waals surface area contributed by atoms with E-state index in [-0.39, 0.29) is 41.1 Å². The maximum Gasteiger partial charge on any atom is 0.352 e. The summed E-state index contributed by atoms with van der Waals surface area (Å²) in [5.74, 6) is -0.217. The molecular weight excluding hydrogens is 484 g/mol. The summed E-state index contributed by atoms with van der Waals surface area (Å²) in [5, 5.41) is 10.4. The minimum absolute atomic E-state index is 0.101. The number of amides is 2. The van der Waals surface area contributed by atoms with Gasteiger partial charge in [0.05, 0.1) is 10.9 Å². The molecule has 0 unspecified atom stereocenters. The first-order valence-corrected chi connectivity index (χ1v) is 12.9. The van der Waals surface area contributed by atoms with Crippen molar-refractivity contribution in [2.45, 2.75) is 54.1 Å². The van der Waals surface area contributed by atoms with E-state index in [1.807, 2.05) is 52.8 Å². The highest BCUT2D eigenvalue weighted by molar-refractivity contribution is 5.98. The largest absolute Gasteiger partial charge is 0.352 e. The van der Waals surface area contributed by atoms with Crippen LogP contribution in [0.4, 0.5) is 5.69 Å². The van der Waals surface area contributed by atoms with E-state index < -0.39 is 11.6 Å². The van der Waals surface area contributed by atoms with Crippen LogP contribution in [0.1, 0.15) is 50.5 Å². The molecule has 0 saturated heterocycles. The van der Waals surface area contributed by atoms with E-state index in [1.54, 1.807) is 18.2 Å². The molecular formula is C28H34N6O4. The van der Waals surface area contributed by atoms with Crippen molar-refractivity contribution < 1.29 is 9.59 Å². The lowest BCUT2D eigenvalue weighted by Crippen LogP contribution is -2.30. The number of carbonyl (C=O) groups excluding carboxylic acids is 2. The Balaban J connectivity index is 1.80. The molecule has 0 aliphatic rings. The Hall–Kier alpha value is -4.21. The summed E-state index contributed by atoms with van der Waals surface area (Å²) in [5.41, 5.74) is 1.42. The minimum atomic E-state index is -0.570. The topological polar surface area (TPSA) is 120 Å². The Bertz CT molecular complexity index is 1630. The smallest absolute Gasteiger partial charge is 0.352 e. The summed E-state index contributed by atoms with van der Waals surface area (Å²) in [7, 11) is 0. The maximum absolute atomic E-state index is 13.5. The van der Waals surface area contributed by atoms with E-state index in [4.69, 9.17) is 0 Å². The number of hydrogen-bond donors (Lipinski definition) is 2. The predicted octanol–water partition coefficient (Wildman–Crippen LogP) is 3.05. The predicted molar refractivity (Wildman–Crippen MR) is 148 cm³/mol. The first-order chi connectivity index (χ1) is 18.1. The number of carbonyl (C=O) groups is 2. The van der Waals surface area contributed by atoms with Crippen molar-refractivity contribution in [3.63, 3.8) is 0 Å². The lowest BCUT2D eigenvalue weighted by molar-refractivity contribution is -0.117. The van der Waals surface area contributed by atoms with Crippen LogP contribution in [0.25, 0.3) is 16.7 Å². The third-order valence-electron chi connectivity index (χ3n) is 6.17. The molecule has 0 aliphatic carbocycles. The molecule has 2 heterocycles. The first kappa shape index (κ1) is 26.8. The molecule has 10 nitrogen and oxygen atoms in total. The fourth-order valence-corrected chi connectivity index (χ4v) is 4.29. The van der Waals surface area contributed by atoms with Gasteiger partial charge in [-0.15, -0.1) is 5.10 Å². The van der Waals surface area contributed by atoms with Crippen LogP contribution in [-0.2, 0) is 24.3 Å². The Morgan fingerprint density at radius 3 is 2.45 bits per heavy atom. The van der Waals surface area contributed by atoms with Gasteiger partial charge >= 0.3 is 5.69 Å². The molecule has 2 amide bonds. The van der Waals surface area contributed by atoms with Crippen molar-refractivity contribution >= 4 is 34.2 Å². The van der Waals surface area contributed by atoms with Crippen molar-refractivity contribution in [1.29, 1.82) is 0 Å². The average molecular weight is 519 g/mol. The Kier molecular flexibility index (Phi) is 7.80. The van der Waals surface area contributed by atoms with Gasteiger partial charge in [0.25, 0.3) is 11.5 Å². The van der Waals surface area contributed by atoms with E-state index in [0.29, 0.717) is 29.7 Å². The number of nitrogens with zero attached hydrogens (tertiary/aromatic N) is 4. The molecule has 0 spiro atoms. The van der Waals surface area contributed by atoms with Crippen LogP contribution in [0.2, 0.25) is 0 Å². The number of nitrogens with one attached hydrogen (secondary N) is 2. The van der Waals surface area contributed by atoms with E-state index in [2.05, 4.69) is 15.7 Å². The summed E-state index contributed by atoms with van der Waals surface area (Å²) >= 11 is 0. The van der Waals surface area contributed by atoms with E-state index in [0.717, 1.165) is 16.7 Å². The summed E-state index contributed by atoms with van der Waals surface area (Å²) in [4.78, 5) is 52.5. The number of aryl methyl sites for hydroxylation is 1. The number of benzene rings is 2. The number of hydrogen-bond acceptors (Lipinski definition) is 5. The average Bonchev–Trinajstić information content (AvgIpc) is 3.20. The first-order valence-electron chi connectivity index (χ1n) is 12.9. The Labute approximate surface area is 220 Å². The van der Waals surface area contributed by atoms with Gasteiger partial charge in [0.15, 0.2) is 0 Å². The van der Waals surface area contributed by atoms with E-state index in [9.17, 15) is 19.2 Å². The molecule has 0 bridgehead atoms. The van der Waals surface area contributed by atoms with Gasteiger partial charge in [-0.05, 0) is 54.2 Å². The molecule has 2 aromatic heterocycles. The molecule has 0 fully saturated rings. The SMILES string of the molecule is CCc1cccc(NC(=O)Cn2nc3n(CC(C)C)c(=O)c4ccc(C(=O)NCC(C)C)cc4n3c2=O)c1. The molecule has 0 saturated carbocycles. The summed E-state index contributed by atoms with van der Waals surface area (Å²) < 4.78 is 3.81. The summed E-state index contributed by atoms with van der Waals surface area (Å²) in [6, 6.07) is 12.2. The zero-order valence-electron chi connectivity index (χ0n) is 22.4. The van der Waals surface area contributed by atoms with Gasteiger partial charge < -0.3 is 10.6 Å². The Morgan fingerprint density at radius 1 is 1.00 bits per heavy atom. The highest BCUT2D eigenvalue weighted by atomic mass is 16.2. The molecule has 0 atom stereocenters. The van der Waals surface area contributed by atoms with Crippen molar-refractivity contribution in [3.8, 4) is 0 Å². The van der Waals surface area contributed by atoms with Crippen LogP contribution in [-0.4, -0.2) is 37.1 Å². The van der Waals surface area contributed by atoms with Crippen LogP contribution in [0, 0.1) is 11.8 Å². The zero-order valence-corrected chi connectivity index (χ0v) is 22.4. The lowest BCUT2D eigenvalue weighted by Gasteiger charge is -2.13. The third-order valence-corrected chi connectivity index (χ3v) is 6.17. The van der Waals surface area contributed by atoms with Crippen LogP contribution < -0.4 is 21.9 Å². The second-order valence-corrected chi connectivity index (χ2v) is 10.3.